The zero-order valence-electron chi connectivity index (χ0n) is 11.1. The van der Waals surface area contributed by atoms with Gasteiger partial charge in [-0.05, 0) is 37.1 Å². The number of amides is 2. The van der Waals surface area contributed by atoms with Crippen LogP contribution in [0.25, 0.3) is 0 Å². The molecule has 0 fully saturated rings. The highest BCUT2D eigenvalue weighted by Crippen LogP contribution is 2.16. The van der Waals surface area contributed by atoms with Gasteiger partial charge in [-0.3, -0.25) is 0 Å². The minimum absolute atomic E-state index is 0.0298. The molecule has 1 heterocycles. The Balaban J connectivity index is 1.87. The number of benzene rings is 1. The summed E-state index contributed by atoms with van der Waals surface area (Å²) in [4.78, 5) is 11.8. The van der Waals surface area contributed by atoms with Crippen molar-refractivity contribution in [3.05, 3.63) is 59.5 Å². The van der Waals surface area contributed by atoms with E-state index in [0.29, 0.717) is 6.54 Å². The van der Waals surface area contributed by atoms with E-state index < -0.39 is 0 Å². The Morgan fingerprint density at radius 2 is 2.05 bits per heavy atom. The van der Waals surface area contributed by atoms with Gasteiger partial charge in [0.05, 0.1) is 18.8 Å². The zero-order chi connectivity index (χ0) is 13.7. The molecule has 19 heavy (non-hydrogen) atoms. The molecular formula is C15H18N2O2. The fourth-order valence-electron chi connectivity index (χ4n) is 1.98. The number of hydrogen-bond acceptors (Lipinski definition) is 2. The molecule has 0 spiro atoms. The van der Waals surface area contributed by atoms with Crippen molar-refractivity contribution >= 4 is 6.03 Å². The number of carbonyl (C=O) groups is 1. The van der Waals surface area contributed by atoms with Crippen LogP contribution in [0.3, 0.4) is 0 Å². The maximum atomic E-state index is 11.8. The molecule has 4 nitrogen and oxygen atoms in total. The standard InChI is InChI=1S/C15H18N2O2/c1-11-6-3-4-8-14(11)12(2)17-15(18)16-10-13-7-5-9-19-13/h3-9,12H,10H2,1-2H3,(H2,16,17,18)/t12-/m1/s1. The number of furan rings is 1. The summed E-state index contributed by atoms with van der Waals surface area (Å²) in [5.74, 6) is 0.735. The van der Waals surface area contributed by atoms with Gasteiger partial charge in [-0.1, -0.05) is 24.3 Å². The van der Waals surface area contributed by atoms with Crippen molar-refractivity contribution in [3.63, 3.8) is 0 Å². The van der Waals surface area contributed by atoms with Gasteiger partial charge < -0.3 is 15.1 Å². The van der Waals surface area contributed by atoms with Crippen LogP contribution in [0.1, 0.15) is 29.9 Å². The van der Waals surface area contributed by atoms with Gasteiger partial charge in [-0.25, -0.2) is 4.79 Å². The third kappa shape index (κ3) is 3.61. The number of rotatable bonds is 4. The lowest BCUT2D eigenvalue weighted by atomic mass is 10.0. The van der Waals surface area contributed by atoms with Gasteiger partial charge in [0.15, 0.2) is 0 Å². The fourth-order valence-corrected chi connectivity index (χ4v) is 1.98. The normalized spacial score (nSPS) is 11.9. The van der Waals surface area contributed by atoms with Crippen LogP contribution in [-0.4, -0.2) is 6.03 Å². The lowest BCUT2D eigenvalue weighted by Gasteiger charge is -2.16. The molecule has 100 valence electrons. The first-order chi connectivity index (χ1) is 9.16. The summed E-state index contributed by atoms with van der Waals surface area (Å²) in [6, 6.07) is 11.4. The van der Waals surface area contributed by atoms with E-state index in [9.17, 15) is 4.79 Å². The third-order valence-electron chi connectivity index (χ3n) is 3.01. The van der Waals surface area contributed by atoms with Crippen molar-refractivity contribution in [2.24, 2.45) is 0 Å². The average molecular weight is 258 g/mol. The van der Waals surface area contributed by atoms with Crippen LogP contribution in [0.15, 0.2) is 47.1 Å². The number of urea groups is 1. The maximum Gasteiger partial charge on any atom is 0.315 e. The van der Waals surface area contributed by atoms with Gasteiger partial charge in [0, 0.05) is 0 Å². The first-order valence-corrected chi connectivity index (χ1v) is 6.29. The second-order valence-electron chi connectivity index (χ2n) is 4.48. The fraction of sp³-hybridized carbons (Fsp3) is 0.267. The molecule has 2 rings (SSSR count). The Labute approximate surface area is 112 Å². The van der Waals surface area contributed by atoms with Gasteiger partial charge in [-0.15, -0.1) is 0 Å². The highest BCUT2D eigenvalue weighted by molar-refractivity contribution is 5.74. The predicted molar refractivity (Wildman–Crippen MR) is 73.7 cm³/mol. The molecule has 2 aromatic rings. The van der Waals surface area contributed by atoms with E-state index >= 15 is 0 Å². The van der Waals surface area contributed by atoms with Gasteiger partial charge in [-0.2, -0.15) is 0 Å². The molecule has 1 aromatic heterocycles. The Morgan fingerprint density at radius 3 is 2.74 bits per heavy atom. The Kier molecular flexibility index (Phi) is 4.23. The molecule has 0 unspecified atom stereocenters. The van der Waals surface area contributed by atoms with Crippen molar-refractivity contribution < 1.29 is 9.21 Å². The largest absolute Gasteiger partial charge is 0.467 e. The van der Waals surface area contributed by atoms with Crippen molar-refractivity contribution in [3.8, 4) is 0 Å². The predicted octanol–water partition coefficient (Wildman–Crippen LogP) is 3.15. The molecular weight excluding hydrogens is 240 g/mol. The van der Waals surface area contributed by atoms with Crippen LogP contribution in [0.4, 0.5) is 4.79 Å². The summed E-state index contributed by atoms with van der Waals surface area (Å²) in [5.41, 5.74) is 2.29. The highest BCUT2D eigenvalue weighted by Gasteiger charge is 2.11. The lowest BCUT2D eigenvalue weighted by Crippen LogP contribution is -2.36. The van der Waals surface area contributed by atoms with Crippen LogP contribution >= 0.6 is 0 Å². The minimum Gasteiger partial charge on any atom is -0.467 e. The molecule has 1 atom stereocenters. The van der Waals surface area contributed by atoms with Gasteiger partial charge in [0.1, 0.15) is 5.76 Å². The van der Waals surface area contributed by atoms with E-state index in [1.54, 1.807) is 12.3 Å². The van der Waals surface area contributed by atoms with E-state index in [1.807, 2.05) is 44.2 Å². The molecule has 4 heteroatoms. The van der Waals surface area contributed by atoms with E-state index in [0.717, 1.165) is 11.3 Å². The minimum atomic E-state index is -0.202. The molecule has 0 aliphatic rings. The van der Waals surface area contributed by atoms with Crippen LogP contribution in [-0.2, 0) is 6.54 Å². The van der Waals surface area contributed by atoms with E-state index in [2.05, 4.69) is 10.6 Å². The smallest absolute Gasteiger partial charge is 0.315 e. The molecule has 0 aliphatic heterocycles. The number of hydrogen-bond donors (Lipinski definition) is 2. The van der Waals surface area contributed by atoms with Crippen LogP contribution in [0, 0.1) is 6.92 Å². The Hall–Kier alpha value is -2.23. The molecule has 2 amide bonds. The molecule has 0 saturated heterocycles. The molecule has 0 bridgehead atoms. The maximum absolute atomic E-state index is 11.8. The topological polar surface area (TPSA) is 54.3 Å². The number of nitrogens with one attached hydrogen (secondary N) is 2. The highest BCUT2D eigenvalue weighted by atomic mass is 16.3. The van der Waals surface area contributed by atoms with Gasteiger partial charge in [0.2, 0.25) is 0 Å². The molecule has 2 N–H and O–H groups in total. The van der Waals surface area contributed by atoms with Crippen molar-refractivity contribution in [2.45, 2.75) is 26.4 Å². The average Bonchev–Trinajstić information content (AvgIpc) is 2.90. The van der Waals surface area contributed by atoms with Gasteiger partial charge in [0.25, 0.3) is 0 Å². The summed E-state index contributed by atoms with van der Waals surface area (Å²) in [5, 5.41) is 5.67. The van der Waals surface area contributed by atoms with Crippen molar-refractivity contribution in [1.29, 1.82) is 0 Å². The first kappa shape index (κ1) is 13.2. The van der Waals surface area contributed by atoms with Crippen molar-refractivity contribution in [1.82, 2.24) is 10.6 Å². The number of carbonyl (C=O) groups excluding carboxylic acids is 1. The summed E-state index contributed by atoms with van der Waals surface area (Å²) in [6.45, 7) is 4.39. The zero-order valence-corrected chi connectivity index (χ0v) is 11.1. The second kappa shape index (κ2) is 6.09. The second-order valence-corrected chi connectivity index (χ2v) is 4.48. The number of aryl methyl sites for hydroxylation is 1. The molecule has 0 radical (unpaired) electrons. The monoisotopic (exact) mass is 258 g/mol. The van der Waals surface area contributed by atoms with E-state index in [-0.39, 0.29) is 12.1 Å². The lowest BCUT2D eigenvalue weighted by molar-refractivity contribution is 0.236. The summed E-state index contributed by atoms with van der Waals surface area (Å²) in [6.07, 6.45) is 1.59. The summed E-state index contributed by atoms with van der Waals surface area (Å²) >= 11 is 0. The quantitative estimate of drug-likeness (QED) is 0.885. The van der Waals surface area contributed by atoms with Crippen LogP contribution in [0.2, 0.25) is 0 Å². The van der Waals surface area contributed by atoms with Crippen LogP contribution in [0.5, 0.6) is 0 Å². The van der Waals surface area contributed by atoms with Crippen molar-refractivity contribution in [2.75, 3.05) is 0 Å². The Morgan fingerprint density at radius 1 is 1.26 bits per heavy atom. The van der Waals surface area contributed by atoms with Gasteiger partial charge >= 0.3 is 6.03 Å². The summed E-state index contributed by atoms with van der Waals surface area (Å²) < 4.78 is 5.15. The third-order valence-corrected chi connectivity index (χ3v) is 3.01. The first-order valence-electron chi connectivity index (χ1n) is 6.29. The molecule has 0 aliphatic carbocycles. The molecule has 1 aromatic carbocycles. The SMILES string of the molecule is Cc1ccccc1[C@@H](C)NC(=O)NCc1ccco1. The van der Waals surface area contributed by atoms with Crippen LogP contribution < -0.4 is 10.6 Å². The molecule has 0 saturated carbocycles. The van der Waals surface area contributed by atoms with E-state index in [4.69, 9.17) is 4.42 Å². The van der Waals surface area contributed by atoms with E-state index in [1.165, 1.54) is 5.56 Å². The Bertz CT molecular complexity index is 535. The summed E-state index contributed by atoms with van der Waals surface area (Å²) in [7, 11) is 0.